The molecule has 0 bridgehead atoms. The normalized spacial score (nSPS) is 16.7. The van der Waals surface area contributed by atoms with Gasteiger partial charge in [-0.15, -0.1) is 5.10 Å². The Hall–Kier alpha value is -1.33. The van der Waals surface area contributed by atoms with E-state index in [9.17, 15) is 0 Å². The Bertz CT molecular complexity index is 635. The third-order valence-corrected chi connectivity index (χ3v) is 5.31. The quantitative estimate of drug-likeness (QED) is 0.868. The molecule has 1 aliphatic carbocycles. The Balaban J connectivity index is 1.95. The highest BCUT2D eigenvalue weighted by Gasteiger charge is 2.36. The van der Waals surface area contributed by atoms with E-state index in [1.807, 2.05) is 4.68 Å². The molecule has 0 atom stereocenters. The maximum Gasteiger partial charge on any atom is 0.182 e. The lowest BCUT2D eigenvalue weighted by molar-refractivity contribution is 0.0948. The van der Waals surface area contributed by atoms with E-state index in [4.69, 9.17) is 28.9 Å². The minimum absolute atomic E-state index is 0.325. The molecule has 0 saturated heterocycles. The van der Waals surface area contributed by atoms with Crippen molar-refractivity contribution in [3.63, 3.8) is 0 Å². The van der Waals surface area contributed by atoms with Crippen LogP contribution in [-0.2, 0) is 6.54 Å². The number of halogens is 2. The molecule has 1 aromatic heterocycles. The van der Waals surface area contributed by atoms with Gasteiger partial charge in [0.25, 0.3) is 0 Å². The molecule has 1 fully saturated rings. The van der Waals surface area contributed by atoms with E-state index in [0.29, 0.717) is 27.0 Å². The summed E-state index contributed by atoms with van der Waals surface area (Å²) in [5, 5.41) is 12.8. The fourth-order valence-electron chi connectivity index (χ4n) is 2.88. The largest absolute Gasteiger partial charge is 0.397 e. The molecule has 112 valence electrons. The van der Waals surface area contributed by atoms with Crippen molar-refractivity contribution in [3.8, 4) is 11.4 Å². The molecule has 0 spiro atoms. The monoisotopic (exact) mass is 325 g/mol. The van der Waals surface area contributed by atoms with Crippen LogP contribution in [0.25, 0.3) is 11.4 Å². The summed E-state index contributed by atoms with van der Waals surface area (Å²) in [6.07, 6.45) is 4.87. The second-order valence-corrected chi connectivity index (χ2v) is 6.51. The molecular weight excluding hydrogens is 309 g/mol. The van der Waals surface area contributed by atoms with Crippen molar-refractivity contribution in [1.82, 2.24) is 20.2 Å². The third kappa shape index (κ3) is 2.60. The number of rotatable bonds is 4. The van der Waals surface area contributed by atoms with Crippen LogP contribution in [-0.4, -0.2) is 20.2 Å². The van der Waals surface area contributed by atoms with E-state index < -0.39 is 0 Å². The van der Waals surface area contributed by atoms with Crippen LogP contribution in [0.2, 0.25) is 10.0 Å². The van der Waals surface area contributed by atoms with Crippen LogP contribution in [0.3, 0.4) is 0 Å². The lowest BCUT2D eigenvalue weighted by atomic mass is 9.67. The van der Waals surface area contributed by atoms with Crippen LogP contribution >= 0.6 is 23.2 Å². The van der Waals surface area contributed by atoms with Gasteiger partial charge in [0.1, 0.15) is 0 Å². The summed E-state index contributed by atoms with van der Waals surface area (Å²) in [7, 11) is 0. The van der Waals surface area contributed by atoms with Gasteiger partial charge in [-0.3, -0.25) is 0 Å². The van der Waals surface area contributed by atoms with Gasteiger partial charge in [-0.2, -0.15) is 0 Å². The van der Waals surface area contributed by atoms with E-state index in [0.717, 1.165) is 18.5 Å². The van der Waals surface area contributed by atoms with Crippen molar-refractivity contribution in [2.75, 3.05) is 5.73 Å². The van der Waals surface area contributed by atoms with Gasteiger partial charge in [0.05, 0.1) is 22.3 Å². The molecule has 21 heavy (non-hydrogen) atoms. The molecule has 1 aliphatic rings. The number of hydrogen-bond donors (Lipinski definition) is 1. The van der Waals surface area contributed by atoms with E-state index in [-0.39, 0.29) is 0 Å². The van der Waals surface area contributed by atoms with Crippen LogP contribution in [0.4, 0.5) is 5.69 Å². The minimum Gasteiger partial charge on any atom is -0.397 e. The van der Waals surface area contributed by atoms with E-state index in [1.54, 1.807) is 12.1 Å². The van der Waals surface area contributed by atoms with Gasteiger partial charge >= 0.3 is 0 Å². The number of anilines is 1. The predicted molar refractivity (Wildman–Crippen MR) is 84.3 cm³/mol. The first-order valence-electron chi connectivity index (χ1n) is 7.06. The Morgan fingerprint density at radius 3 is 2.67 bits per heavy atom. The smallest absolute Gasteiger partial charge is 0.182 e. The van der Waals surface area contributed by atoms with Crippen molar-refractivity contribution >= 4 is 28.9 Å². The Labute approximate surface area is 133 Å². The highest BCUT2D eigenvalue weighted by molar-refractivity contribution is 6.43. The van der Waals surface area contributed by atoms with Gasteiger partial charge < -0.3 is 5.73 Å². The van der Waals surface area contributed by atoms with Gasteiger partial charge in [0, 0.05) is 5.56 Å². The van der Waals surface area contributed by atoms with E-state index in [2.05, 4.69) is 22.4 Å². The molecule has 0 unspecified atom stereocenters. The molecule has 7 heteroatoms. The fraction of sp³-hybridized carbons (Fsp3) is 0.500. The van der Waals surface area contributed by atoms with Gasteiger partial charge in [-0.25, -0.2) is 4.68 Å². The number of aromatic nitrogens is 4. The SMILES string of the molecule is CCC1(Cn2nnnc2-c2cc(N)c(Cl)c(Cl)c2)CCC1. The van der Waals surface area contributed by atoms with Crippen LogP contribution in [0.15, 0.2) is 12.1 Å². The highest BCUT2D eigenvalue weighted by atomic mass is 35.5. The molecule has 0 amide bonds. The van der Waals surface area contributed by atoms with Gasteiger partial charge in [0.15, 0.2) is 5.82 Å². The summed E-state index contributed by atoms with van der Waals surface area (Å²) in [6, 6.07) is 3.51. The molecule has 0 radical (unpaired) electrons. The standard InChI is InChI=1S/C14H17Cl2N5/c1-2-14(4-3-5-14)8-21-13(18-19-20-21)9-6-10(15)12(16)11(17)7-9/h6-7H,2-5,8,17H2,1H3. The average molecular weight is 326 g/mol. The lowest BCUT2D eigenvalue weighted by Crippen LogP contribution is -2.34. The maximum absolute atomic E-state index is 6.10. The first kappa shape index (κ1) is 14.6. The predicted octanol–water partition coefficient (Wildman–Crippen LogP) is 3.81. The first-order chi connectivity index (χ1) is 10.0. The van der Waals surface area contributed by atoms with Gasteiger partial charge in [-0.1, -0.05) is 36.5 Å². The van der Waals surface area contributed by atoms with Crippen LogP contribution in [0.1, 0.15) is 32.6 Å². The highest BCUT2D eigenvalue weighted by Crippen LogP contribution is 2.45. The molecule has 5 nitrogen and oxygen atoms in total. The zero-order valence-electron chi connectivity index (χ0n) is 11.8. The summed E-state index contributed by atoms with van der Waals surface area (Å²) < 4.78 is 1.85. The molecular formula is C14H17Cl2N5. The molecule has 1 heterocycles. The Morgan fingerprint density at radius 2 is 2.10 bits per heavy atom. The third-order valence-electron chi connectivity index (χ3n) is 4.50. The zero-order valence-corrected chi connectivity index (χ0v) is 13.3. The summed E-state index contributed by atoms with van der Waals surface area (Å²) in [5.41, 5.74) is 7.42. The Kier molecular flexibility index (Phi) is 3.80. The molecule has 2 N–H and O–H groups in total. The van der Waals surface area contributed by atoms with Crippen molar-refractivity contribution in [2.24, 2.45) is 5.41 Å². The number of benzene rings is 1. The minimum atomic E-state index is 0.325. The second kappa shape index (κ2) is 5.46. The van der Waals surface area contributed by atoms with Crippen LogP contribution < -0.4 is 5.73 Å². The van der Waals surface area contributed by atoms with Crippen molar-refractivity contribution in [1.29, 1.82) is 0 Å². The van der Waals surface area contributed by atoms with E-state index >= 15 is 0 Å². The van der Waals surface area contributed by atoms with Crippen LogP contribution in [0.5, 0.6) is 0 Å². The molecule has 1 saturated carbocycles. The maximum atomic E-state index is 6.10. The number of nitrogen functional groups attached to an aromatic ring is 1. The number of nitrogens with two attached hydrogens (primary N) is 1. The fourth-order valence-corrected chi connectivity index (χ4v) is 3.21. The molecule has 1 aromatic carbocycles. The second-order valence-electron chi connectivity index (χ2n) is 5.73. The first-order valence-corrected chi connectivity index (χ1v) is 7.81. The summed E-state index contributed by atoms with van der Waals surface area (Å²) in [5.74, 6) is 0.681. The molecule has 2 aromatic rings. The van der Waals surface area contributed by atoms with Gasteiger partial charge in [-0.05, 0) is 47.2 Å². The summed E-state index contributed by atoms with van der Waals surface area (Å²) >= 11 is 12.1. The molecule has 0 aliphatic heterocycles. The van der Waals surface area contributed by atoms with E-state index in [1.165, 1.54) is 19.3 Å². The average Bonchev–Trinajstić information content (AvgIpc) is 2.87. The lowest BCUT2D eigenvalue weighted by Gasteiger charge is -2.41. The summed E-state index contributed by atoms with van der Waals surface area (Å²) in [6.45, 7) is 3.05. The molecule has 3 rings (SSSR count). The van der Waals surface area contributed by atoms with Crippen molar-refractivity contribution in [3.05, 3.63) is 22.2 Å². The van der Waals surface area contributed by atoms with Crippen molar-refractivity contribution < 1.29 is 0 Å². The Morgan fingerprint density at radius 1 is 1.33 bits per heavy atom. The number of nitrogens with zero attached hydrogens (tertiary/aromatic N) is 4. The number of hydrogen-bond acceptors (Lipinski definition) is 4. The van der Waals surface area contributed by atoms with Gasteiger partial charge in [0.2, 0.25) is 0 Å². The number of tetrazole rings is 1. The summed E-state index contributed by atoms with van der Waals surface area (Å²) in [4.78, 5) is 0. The van der Waals surface area contributed by atoms with Crippen LogP contribution in [0, 0.1) is 5.41 Å². The zero-order chi connectivity index (χ0) is 15.0. The topological polar surface area (TPSA) is 69.6 Å². The van der Waals surface area contributed by atoms with Crippen molar-refractivity contribution in [2.45, 2.75) is 39.2 Å².